The van der Waals surface area contributed by atoms with Crippen molar-refractivity contribution in [2.24, 2.45) is 0 Å². The first-order valence-corrected chi connectivity index (χ1v) is 9.56. The molecule has 0 aliphatic heterocycles. The van der Waals surface area contributed by atoms with Crippen LogP contribution >= 0.6 is 0 Å². The zero-order valence-corrected chi connectivity index (χ0v) is 14.9. The second-order valence-electron chi connectivity index (χ2n) is 5.93. The summed E-state index contributed by atoms with van der Waals surface area (Å²) in [4.78, 5) is 12.3. The molecule has 3 N–H and O–H groups in total. The van der Waals surface area contributed by atoms with Crippen molar-refractivity contribution in [1.29, 1.82) is 0 Å². The Morgan fingerprint density at radius 2 is 1.33 bits per heavy atom. The summed E-state index contributed by atoms with van der Waals surface area (Å²) in [5.41, 5.74) is 1.60. The molecule has 3 rings (SSSR count). The van der Waals surface area contributed by atoms with Gasteiger partial charge in [-0.05, 0) is 47.5 Å². The Balaban J connectivity index is 1.87. The molecule has 0 saturated heterocycles. The fraction of sp³-hybridized carbons (Fsp3) is 0.0500. The number of benzene rings is 3. The Hall–Kier alpha value is -3.16. The van der Waals surface area contributed by atoms with Crippen LogP contribution in [0.2, 0.25) is 0 Å². The van der Waals surface area contributed by atoms with Crippen LogP contribution in [0.5, 0.6) is 5.75 Å². The van der Waals surface area contributed by atoms with Crippen molar-refractivity contribution >= 4 is 21.7 Å². The number of amides is 1. The molecule has 0 aliphatic carbocycles. The molecule has 6 nitrogen and oxygen atoms in total. The highest BCUT2D eigenvalue weighted by Crippen LogP contribution is 2.30. The third-order valence-corrected chi connectivity index (χ3v) is 5.14. The molecule has 27 heavy (non-hydrogen) atoms. The van der Waals surface area contributed by atoms with Crippen molar-refractivity contribution < 1.29 is 22.9 Å². The molecular weight excluding hydrogens is 366 g/mol. The number of para-hydroxylation sites is 1. The summed E-state index contributed by atoms with van der Waals surface area (Å²) in [7, 11) is -4.45. The van der Waals surface area contributed by atoms with Crippen LogP contribution < -0.4 is 5.32 Å². The van der Waals surface area contributed by atoms with Crippen molar-refractivity contribution in [2.45, 2.75) is 5.25 Å². The predicted octanol–water partition coefficient (Wildman–Crippen LogP) is 3.62. The van der Waals surface area contributed by atoms with Crippen LogP contribution in [0.25, 0.3) is 0 Å². The van der Waals surface area contributed by atoms with Crippen LogP contribution in [0.3, 0.4) is 0 Å². The largest absolute Gasteiger partial charge is 0.508 e. The molecule has 1 unspecified atom stereocenters. The lowest BCUT2D eigenvalue weighted by atomic mass is 10.0. The topological polar surface area (TPSA) is 104 Å². The van der Waals surface area contributed by atoms with Gasteiger partial charge >= 0.3 is 0 Å². The maximum absolute atomic E-state index is 12.3. The van der Waals surface area contributed by atoms with Gasteiger partial charge in [-0.15, -0.1) is 0 Å². The smallest absolute Gasteiger partial charge is 0.276 e. The maximum Gasteiger partial charge on any atom is 0.276 e. The molecular formula is C20H17NO5S. The third-order valence-electron chi connectivity index (χ3n) is 4.00. The Bertz CT molecular complexity index is 1030. The normalized spacial score (nSPS) is 12.3. The molecule has 1 atom stereocenters. The Kier molecular flexibility index (Phi) is 5.25. The Labute approximate surface area is 156 Å². The monoisotopic (exact) mass is 383 g/mol. The summed E-state index contributed by atoms with van der Waals surface area (Å²) in [5.74, 6) is -0.346. The van der Waals surface area contributed by atoms with E-state index >= 15 is 0 Å². The van der Waals surface area contributed by atoms with Gasteiger partial charge in [-0.25, -0.2) is 0 Å². The van der Waals surface area contributed by atoms with Crippen molar-refractivity contribution in [1.82, 2.24) is 0 Å². The minimum absolute atomic E-state index is 0.0132. The van der Waals surface area contributed by atoms with Gasteiger partial charge in [0.25, 0.3) is 16.0 Å². The van der Waals surface area contributed by atoms with Crippen molar-refractivity contribution in [3.63, 3.8) is 0 Å². The molecule has 0 saturated carbocycles. The molecule has 0 heterocycles. The average molecular weight is 383 g/mol. The number of carbonyl (C=O) groups excluding carboxylic acids is 1. The van der Waals surface area contributed by atoms with Gasteiger partial charge in [0, 0.05) is 11.3 Å². The van der Waals surface area contributed by atoms with Crippen LogP contribution in [0.1, 0.15) is 26.7 Å². The van der Waals surface area contributed by atoms with Gasteiger partial charge in [-0.3, -0.25) is 9.35 Å². The minimum Gasteiger partial charge on any atom is -0.508 e. The quantitative estimate of drug-likeness (QED) is 0.584. The number of aromatic hydroxyl groups is 1. The van der Waals surface area contributed by atoms with Crippen LogP contribution in [-0.2, 0) is 10.1 Å². The van der Waals surface area contributed by atoms with Crippen LogP contribution in [0.15, 0.2) is 78.9 Å². The van der Waals surface area contributed by atoms with E-state index in [0.29, 0.717) is 22.4 Å². The Morgan fingerprint density at radius 1 is 0.815 bits per heavy atom. The second kappa shape index (κ2) is 7.61. The highest BCUT2D eigenvalue weighted by atomic mass is 32.2. The molecule has 138 valence electrons. The number of phenolic OH excluding ortho intramolecular Hbond substituents is 1. The fourth-order valence-corrected chi connectivity index (χ4v) is 3.72. The van der Waals surface area contributed by atoms with E-state index in [1.54, 1.807) is 24.3 Å². The van der Waals surface area contributed by atoms with Gasteiger partial charge in [-0.2, -0.15) is 8.42 Å². The summed E-state index contributed by atoms with van der Waals surface area (Å²) in [6, 6.07) is 20.4. The number of rotatable bonds is 5. The van der Waals surface area contributed by atoms with Crippen molar-refractivity contribution in [3.05, 3.63) is 95.6 Å². The van der Waals surface area contributed by atoms with E-state index in [1.807, 2.05) is 6.07 Å². The summed E-state index contributed by atoms with van der Waals surface area (Å²) in [6.07, 6.45) is 0. The zero-order valence-electron chi connectivity index (χ0n) is 14.1. The van der Waals surface area contributed by atoms with Gasteiger partial charge in [0.1, 0.15) is 11.0 Å². The maximum atomic E-state index is 12.3. The summed E-state index contributed by atoms with van der Waals surface area (Å²) >= 11 is 0. The molecule has 0 aromatic heterocycles. The number of hydrogen-bond donors (Lipinski definition) is 3. The number of carbonyl (C=O) groups is 1. The summed E-state index contributed by atoms with van der Waals surface area (Å²) in [6.45, 7) is 0. The first-order valence-electron chi connectivity index (χ1n) is 8.06. The highest BCUT2D eigenvalue weighted by molar-refractivity contribution is 7.86. The van der Waals surface area contributed by atoms with Crippen molar-refractivity contribution in [2.75, 3.05) is 5.32 Å². The fourth-order valence-electron chi connectivity index (χ4n) is 2.72. The first kappa shape index (κ1) is 18.6. The van der Waals surface area contributed by atoms with E-state index in [2.05, 4.69) is 5.32 Å². The number of hydrogen-bond acceptors (Lipinski definition) is 4. The first-order chi connectivity index (χ1) is 12.8. The van der Waals surface area contributed by atoms with Crippen LogP contribution in [-0.4, -0.2) is 24.0 Å². The average Bonchev–Trinajstić information content (AvgIpc) is 2.64. The molecule has 7 heteroatoms. The van der Waals surface area contributed by atoms with E-state index in [-0.39, 0.29) is 11.7 Å². The Morgan fingerprint density at radius 3 is 1.85 bits per heavy atom. The van der Waals surface area contributed by atoms with E-state index < -0.39 is 15.4 Å². The number of phenols is 1. The van der Waals surface area contributed by atoms with Gasteiger partial charge in [0.05, 0.1) is 0 Å². The number of anilines is 1. The predicted molar refractivity (Wildman–Crippen MR) is 102 cm³/mol. The molecule has 1 amide bonds. The highest BCUT2D eigenvalue weighted by Gasteiger charge is 2.27. The van der Waals surface area contributed by atoms with E-state index in [0.717, 1.165) is 0 Å². The lowest BCUT2D eigenvalue weighted by molar-refractivity contribution is 0.102. The van der Waals surface area contributed by atoms with Crippen molar-refractivity contribution in [3.8, 4) is 5.75 Å². The standard InChI is InChI=1S/C20H17NO5S/c22-18-12-10-15(11-13-18)19(27(24,25)26)14-6-8-16(9-7-14)20(23)21-17-4-2-1-3-5-17/h1-13,19,22H,(H,21,23)(H,24,25,26). The third kappa shape index (κ3) is 4.52. The SMILES string of the molecule is O=C(Nc1ccccc1)c1ccc(C(c2ccc(O)cc2)S(=O)(=O)O)cc1. The van der Waals surface area contributed by atoms with E-state index in [4.69, 9.17) is 0 Å². The molecule has 3 aromatic rings. The van der Waals surface area contributed by atoms with Crippen LogP contribution in [0.4, 0.5) is 5.69 Å². The van der Waals surface area contributed by atoms with Crippen LogP contribution in [0, 0.1) is 0 Å². The molecule has 0 bridgehead atoms. The molecule has 0 spiro atoms. The lowest BCUT2D eigenvalue weighted by Crippen LogP contribution is -2.15. The van der Waals surface area contributed by atoms with Gasteiger partial charge in [0.2, 0.25) is 0 Å². The molecule has 0 aliphatic rings. The zero-order chi connectivity index (χ0) is 19.4. The van der Waals surface area contributed by atoms with Gasteiger partial charge in [0.15, 0.2) is 0 Å². The molecule has 0 radical (unpaired) electrons. The van der Waals surface area contributed by atoms with E-state index in [1.165, 1.54) is 48.5 Å². The van der Waals surface area contributed by atoms with E-state index in [9.17, 15) is 22.9 Å². The minimum atomic E-state index is -4.45. The lowest BCUT2D eigenvalue weighted by Gasteiger charge is -2.15. The summed E-state index contributed by atoms with van der Waals surface area (Å²) < 4.78 is 33.4. The molecule has 3 aromatic carbocycles. The summed E-state index contributed by atoms with van der Waals surface area (Å²) in [5, 5.41) is 10.8. The molecule has 0 fully saturated rings. The van der Waals surface area contributed by atoms with Gasteiger partial charge in [-0.1, -0.05) is 42.5 Å². The second-order valence-corrected chi connectivity index (χ2v) is 7.43. The van der Waals surface area contributed by atoms with Gasteiger partial charge < -0.3 is 10.4 Å². The number of nitrogens with one attached hydrogen (secondary N) is 1.